The summed E-state index contributed by atoms with van der Waals surface area (Å²) in [6.45, 7) is 3.89. The van der Waals surface area contributed by atoms with Crippen LogP contribution in [-0.4, -0.2) is 81.6 Å². The summed E-state index contributed by atoms with van der Waals surface area (Å²) >= 11 is 0. The number of alkyl halides is 6. The third-order valence-electron chi connectivity index (χ3n) is 8.48. The van der Waals surface area contributed by atoms with Crippen LogP contribution < -0.4 is 4.90 Å². The van der Waals surface area contributed by atoms with Gasteiger partial charge in [-0.3, -0.25) is 9.80 Å². The van der Waals surface area contributed by atoms with Crippen LogP contribution in [-0.2, 0) is 28.4 Å². The number of aliphatic carboxylic acids is 1. The van der Waals surface area contributed by atoms with E-state index in [0.29, 0.717) is 44.4 Å². The van der Waals surface area contributed by atoms with Crippen LogP contribution in [0.25, 0.3) is 0 Å². The fraction of sp³-hybridized carbons (Fsp3) is 0.581. The molecule has 0 radical (unpaired) electrons. The van der Waals surface area contributed by atoms with Crippen molar-refractivity contribution >= 4 is 24.2 Å². The second-order valence-electron chi connectivity index (χ2n) is 11.8. The minimum absolute atomic E-state index is 0.0805. The number of aromatic nitrogens is 2. The van der Waals surface area contributed by atoms with Gasteiger partial charge in [0.05, 0.1) is 17.7 Å². The van der Waals surface area contributed by atoms with E-state index in [2.05, 4.69) is 15.1 Å². The normalized spacial score (nSPS) is 21.6. The van der Waals surface area contributed by atoms with Crippen molar-refractivity contribution in [1.29, 1.82) is 0 Å². The number of carboxylic acid groups (broad SMARTS) is 1. The number of nitrogens with zero attached hydrogens (tertiary/aromatic N) is 6. The van der Waals surface area contributed by atoms with Crippen LogP contribution in [0.15, 0.2) is 35.7 Å². The molecule has 2 aliphatic rings. The molecule has 1 amide bonds. The number of carbonyl (C=O) groups excluding carboxylic acids is 1. The lowest BCUT2D eigenvalue weighted by Crippen LogP contribution is -2.57. The number of rotatable bonds is 11. The Hall–Kier alpha value is -4.11. The van der Waals surface area contributed by atoms with Crippen molar-refractivity contribution < 1.29 is 45.8 Å². The van der Waals surface area contributed by atoms with Gasteiger partial charge in [-0.15, -0.1) is 0 Å². The third kappa shape index (κ3) is 9.04. The van der Waals surface area contributed by atoms with E-state index in [1.54, 1.807) is 33.4 Å². The van der Waals surface area contributed by atoms with Crippen LogP contribution in [0.2, 0.25) is 0 Å². The van der Waals surface area contributed by atoms with E-state index in [9.17, 15) is 35.9 Å². The van der Waals surface area contributed by atoms with E-state index >= 15 is 0 Å². The van der Waals surface area contributed by atoms with Gasteiger partial charge in [-0.05, 0) is 61.4 Å². The van der Waals surface area contributed by atoms with Gasteiger partial charge >= 0.3 is 24.4 Å². The second kappa shape index (κ2) is 14.8. The van der Waals surface area contributed by atoms with Crippen molar-refractivity contribution in [2.45, 2.75) is 95.3 Å². The van der Waals surface area contributed by atoms with Crippen molar-refractivity contribution in [3.63, 3.8) is 0 Å². The molecule has 47 heavy (non-hydrogen) atoms. The van der Waals surface area contributed by atoms with E-state index < -0.39 is 41.6 Å². The maximum atomic E-state index is 13.7. The first-order valence-corrected chi connectivity index (χ1v) is 15.4. The number of benzene rings is 1. The van der Waals surface area contributed by atoms with Gasteiger partial charge in [0.1, 0.15) is 0 Å². The lowest BCUT2D eigenvalue weighted by Gasteiger charge is -2.47. The van der Waals surface area contributed by atoms with Crippen LogP contribution in [0.3, 0.4) is 0 Å². The monoisotopic (exact) mass is 672 g/mol. The average molecular weight is 673 g/mol. The van der Waals surface area contributed by atoms with E-state index in [4.69, 9.17) is 9.84 Å². The minimum atomic E-state index is -5.01. The molecule has 4 rings (SSSR count). The molecule has 0 aliphatic carbocycles. The molecule has 16 heteroatoms. The Kier molecular flexibility index (Phi) is 11.2. The highest BCUT2D eigenvalue weighted by atomic mass is 19.4. The minimum Gasteiger partial charge on any atom is -0.481 e. The van der Waals surface area contributed by atoms with Crippen molar-refractivity contribution in [3.8, 4) is 0 Å². The molecule has 4 atom stereocenters. The molecule has 0 bridgehead atoms. The SMILES string of the molecule is CC[C@@H]1C[C@H](N(Cc2cc(C(F)(F)F)cc(C(F)(F)F)c2)c2ncc(C3C=NN(C)C3)cn2)C[C@H](CC)N1C(=O)OCCCC(=O)O. The molecule has 1 N–H and O–H groups in total. The van der Waals surface area contributed by atoms with Gasteiger partial charge < -0.3 is 19.6 Å². The number of piperidine rings is 1. The molecule has 3 heterocycles. The number of carbonyl (C=O) groups is 2. The molecule has 2 aromatic rings. The predicted molar refractivity (Wildman–Crippen MR) is 160 cm³/mol. The number of carboxylic acids is 1. The van der Waals surface area contributed by atoms with Crippen LogP contribution in [0.1, 0.15) is 80.5 Å². The summed E-state index contributed by atoms with van der Waals surface area (Å²) in [5.41, 5.74) is -2.30. The zero-order valence-corrected chi connectivity index (χ0v) is 26.3. The zero-order chi connectivity index (χ0) is 34.5. The number of likely N-dealkylation sites (N-methyl/N-ethyl adjacent to an activating group) is 1. The molecule has 10 nitrogen and oxygen atoms in total. The van der Waals surface area contributed by atoms with Gasteiger partial charge in [-0.1, -0.05) is 13.8 Å². The van der Waals surface area contributed by atoms with E-state index in [-0.39, 0.29) is 61.6 Å². The van der Waals surface area contributed by atoms with Gasteiger partial charge in [-0.2, -0.15) is 31.4 Å². The highest BCUT2D eigenvalue weighted by Crippen LogP contribution is 2.38. The first-order chi connectivity index (χ1) is 22.1. The smallest absolute Gasteiger partial charge is 0.416 e. The first-order valence-electron chi connectivity index (χ1n) is 15.4. The Bertz CT molecular complexity index is 1370. The molecule has 0 saturated carbocycles. The molecule has 1 unspecified atom stereocenters. The van der Waals surface area contributed by atoms with Crippen LogP contribution in [0.5, 0.6) is 0 Å². The molecule has 1 saturated heterocycles. The fourth-order valence-electron chi connectivity index (χ4n) is 6.09. The summed E-state index contributed by atoms with van der Waals surface area (Å²) in [5, 5.41) is 14.8. The molecular formula is C31H38F6N6O4. The molecule has 258 valence electrons. The van der Waals surface area contributed by atoms with Gasteiger partial charge in [0.2, 0.25) is 5.95 Å². The summed E-state index contributed by atoms with van der Waals surface area (Å²) < 4.78 is 87.8. The average Bonchev–Trinajstić information content (AvgIpc) is 3.46. The lowest BCUT2D eigenvalue weighted by molar-refractivity contribution is -0.143. The highest BCUT2D eigenvalue weighted by molar-refractivity contribution is 5.70. The Morgan fingerprint density at radius 1 is 0.979 bits per heavy atom. The number of likely N-dealkylation sites (tertiary alicyclic amines) is 1. The number of hydrazone groups is 1. The van der Waals surface area contributed by atoms with Crippen LogP contribution in [0, 0.1) is 0 Å². The van der Waals surface area contributed by atoms with Gasteiger partial charge in [0.15, 0.2) is 0 Å². The lowest BCUT2D eigenvalue weighted by atomic mass is 9.87. The van der Waals surface area contributed by atoms with Crippen molar-refractivity contribution in [2.75, 3.05) is 25.1 Å². The summed E-state index contributed by atoms with van der Waals surface area (Å²) in [7, 11) is 1.81. The highest BCUT2D eigenvalue weighted by Gasteiger charge is 2.41. The number of halogens is 6. The Labute approximate surface area is 268 Å². The third-order valence-corrected chi connectivity index (χ3v) is 8.48. The van der Waals surface area contributed by atoms with Gasteiger partial charge in [-0.25, -0.2) is 14.8 Å². The fourth-order valence-corrected chi connectivity index (χ4v) is 6.09. The van der Waals surface area contributed by atoms with Crippen molar-refractivity contribution in [2.24, 2.45) is 5.10 Å². The Morgan fingerprint density at radius 3 is 2.02 bits per heavy atom. The first kappa shape index (κ1) is 35.7. The summed E-state index contributed by atoms with van der Waals surface area (Å²) in [6.07, 6.45) is -4.13. The van der Waals surface area contributed by atoms with E-state index in [1.165, 1.54) is 0 Å². The summed E-state index contributed by atoms with van der Waals surface area (Å²) in [4.78, 5) is 36.3. The molecule has 2 aliphatic heterocycles. The van der Waals surface area contributed by atoms with Gasteiger partial charge in [0.25, 0.3) is 0 Å². The largest absolute Gasteiger partial charge is 0.481 e. The topological polar surface area (TPSA) is 111 Å². The molecule has 1 fully saturated rings. The molecule has 0 spiro atoms. The maximum absolute atomic E-state index is 13.7. The number of anilines is 1. The van der Waals surface area contributed by atoms with Gasteiger partial charge in [0, 0.05) is 69.2 Å². The van der Waals surface area contributed by atoms with E-state index in [0.717, 1.165) is 5.56 Å². The van der Waals surface area contributed by atoms with E-state index in [1.807, 2.05) is 20.9 Å². The Balaban J connectivity index is 1.68. The van der Waals surface area contributed by atoms with Crippen molar-refractivity contribution in [1.82, 2.24) is 19.9 Å². The second-order valence-corrected chi connectivity index (χ2v) is 11.8. The standard InChI is InChI=1S/C31H38F6N6O4/c1-4-24-12-26(13-25(5-2)43(24)29(46)47-8-6-7-27(44)45)42(28-38-14-20(15-39-28)21-16-40-41(3)18-21)17-19-9-22(30(32,33)34)11-23(10-19)31(35,36)37/h9-11,14-16,21,24-26H,4-8,12-13,17-18H2,1-3H3,(H,44,45)/t21?,24-,25+,26+. The number of hydrogen-bond donors (Lipinski definition) is 1. The number of amides is 1. The quantitative estimate of drug-likeness (QED) is 0.211. The molecular weight excluding hydrogens is 634 g/mol. The Morgan fingerprint density at radius 2 is 1.55 bits per heavy atom. The maximum Gasteiger partial charge on any atom is 0.416 e. The number of ether oxygens (including phenoxy) is 1. The summed E-state index contributed by atoms with van der Waals surface area (Å²) in [5.74, 6) is -0.969. The predicted octanol–water partition coefficient (Wildman–Crippen LogP) is 6.56. The molecule has 1 aromatic heterocycles. The summed E-state index contributed by atoms with van der Waals surface area (Å²) in [6, 6.07) is 0.282. The zero-order valence-electron chi connectivity index (χ0n) is 26.3. The number of hydrogen-bond acceptors (Lipinski definition) is 8. The van der Waals surface area contributed by atoms with Crippen LogP contribution in [0.4, 0.5) is 37.1 Å². The van der Waals surface area contributed by atoms with Crippen molar-refractivity contribution in [3.05, 3.63) is 52.8 Å². The molecule has 1 aromatic carbocycles. The van der Waals surface area contributed by atoms with Crippen LogP contribution >= 0.6 is 0 Å².